The van der Waals surface area contributed by atoms with Gasteiger partial charge in [-0.3, -0.25) is 9.69 Å². The summed E-state index contributed by atoms with van der Waals surface area (Å²) >= 11 is 0. The standard InChI is InChI=1S/C21H27N3O3S/c1-17(2)22-28(26,27)20-10-6-9-19(15-20)21(25)24-13-11-23(12-14-24)16-18-7-4-3-5-8-18/h3-10,15,17,22H,11-14,16H2,1-2H3. The number of sulfonamides is 1. The molecule has 6 nitrogen and oxygen atoms in total. The molecule has 150 valence electrons. The highest BCUT2D eigenvalue weighted by atomic mass is 32.2. The molecule has 1 fully saturated rings. The largest absolute Gasteiger partial charge is 0.336 e. The summed E-state index contributed by atoms with van der Waals surface area (Å²) in [7, 11) is -3.62. The summed E-state index contributed by atoms with van der Waals surface area (Å²) in [6.45, 7) is 7.27. The molecule has 1 amide bonds. The second-order valence-electron chi connectivity index (χ2n) is 7.36. The van der Waals surface area contributed by atoms with E-state index < -0.39 is 10.0 Å². The Morgan fingerprint density at radius 3 is 2.32 bits per heavy atom. The van der Waals surface area contributed by atoms with Gasteiger partial charge < -0.3 is 4.90 Å². The van der Waals surface area contributed by atoms with E-state index in [0.717, 1.165) is 19.6 Å². The summed E-state index contributed by atoms with van der Waals surface area (Å²) in [5.74, 6) is -0.124. The molecule has 0 atom stereocenters. The Morgan fingerprint density at radius 2 is 1.68 bits per heavy atom. The average molecular weight is 402 g/mol. The number of nitrogens with one attached hydrogen (secondary N) is 1. The van der Waals surface area contributed by atoms with Crippen LogP contribution in [-0.2, 0) is 16.6 Å². The van der Waals surface area contributed by atoms with Gasteiger partial charge in [-0.25, -0.2) is 13.1 Å². The van der Waals surface area contributed by atoms with E-state index in [4.69, 9.17) is 0 Å². The van der Waals surface area contributed by atoms with E-state index in [9.17, 15) is 13.2 Å². The fraction of sp³-hybridized carbons (Fsp3) is 0.381. The van der Waals surface area contributed by atoms with Crippen LogP contribution >= 0.6 is 0 Å². The van der Waals surface area contributed by atoms with Crippen molar-refractivity contribution in [1.29, 1.82) is 0 Å². The number of hydrogen-bond donors (Lipinski definition) is 1. The zero-order valence-corrected chi connectivity index (χ0v) is 17.2. The zero-order chi connectivity index (χ0) is 20.1. The first kappa shape index (κ1) is 20.5. The third-order valence-corrected chi connectivity index (χ3v) is 6.35. The van der Waals surface area contributed by atoms with Gasteiger partial charge in [0.15, 0.2) is 0 Å². The first-order valence-corrected chi connectivity index (χ1v) is 11.0. The summed E-state index contributed by atoms with van der Waals surface area (Å²) in [6, 6.07) is 16.3. The Hall–Kier alpha value is -2.22. The van der Waals surface area contributed by atoms with Crippen molar-refractivity contribution >= 4 is 15.9 Å². The van der Waals surface area contributed by atoms with Gasteiger partial charge in [-0.15, -0.1) is 0 Å². The number of nitrogens with zero attached hydrogens (tertiary/aromatic N) is 2. The number of piperazine rings is 1. The van der Waals surface area contributed by atoms with Crippen molar-refractivity contribution in [2.24, 2.45) is 0 Å². The lowest BCUT2D eigenvalue weighted by atomic mass is 10.1. The second kappa shape index (κ2) is 8.86. The molecule has 1 N–H and O–H groups in total. The molecule has 0 saturated carbocycles. The van der Waals surface area contributed by atoms with Crippen LogP contribution in [0.15, 0.2) is 59.5 Å². The van der Waals surface area contributed by atoms with Gasteiger partial charge >= 0.3 is 0 Å². The molecule has 1 saturated heterocycles. The summed E-state index contributed by atoms with van der Waals surface area (Å²) in [6.07, 6.45) is 0. The number of carbonyl (C=O) groups is 1. The van der Waals surface area contributed by atoms with E-state index >= 15 is 0 Å². The molecule has 7 heteroatoms. The molecule has 3 rings (SSSR count). The Balaban J connectivity index is 1.63. The summed E-state index contributed by atoms with van der Waals surface area (Å²) in [5, 5.41) is 0. The van der Waals surface area contributed by atoms with Crippen LogP contribution in [0.2, 0.25) is 0 Å². The van der Waals surface area contributed by atoms with Crippen LogP contribution in [0.4, 0.5) is 0 Å². The molecule has 2 aromatic carbocycles. The van der Waals surface area contributed by atoms with Crippen LogP contribution in [0.25, 0.3) is 0 Å². The Morgan fingerprint density at radius 1 is 1.00 bits per heavy atom. The van der Waals surface area contributed by atoms with Crippen molar-refractivity contribution in [3.05, 3.63) is 65.7 Å². The second-order valence-corrected chi connectivity index (χ2v) is 9.07. The molecule has 0 spiro atoms. The Labute approximate surface area is 167 Å². The van der Waals surface area contributed by atoms with Crippen molar-refractivity contribution in [2.75, 3.05) is 26.2 Å². The minimum atomic E-state index is -3.62. The van der Waals surface area contributed by atoms with Gasteiger partial charge in [-0.1, -0.05) is 36.4 Å². The normalized spacial score (nSPS) is 15.8. The van der Waals surface area contributed by atoms with E-state index in [1.807, 2.05) is 18.2 Å². The van der Waals surface area contributed by atoms with Crippen molar-refractivity contribution in [2.45, 2.75) is 31.3 Å². The van der Waals surface area contributed by atoms with Crippen molar-refractivity contribution < 1.29 is 13.2 Å². The summed E-state index contributed by atoms with van der Waals surface area (Å²) < 4.78 is 27.3. The lowest BCUT2D eigenvalue weighted by Gasteiger charge is -2.34. The van der Waals surface area contributed by atoms with E-state index in [1.165, 1.54) is 17.7 Å². The fourth-order valence-corrected chi connectivity index (χ4v) is 4.60. The summed E-state index contributed by atoms with van der Waals surface area (Å²) in [5.41, 5.74) is 1.67. The van der Waals surface area contributed by atoms with Gasteiger partial charge in [0.25, 0.3) is 5.91 Å². The van der Waals surface area contributed by atoms with Gasteiger partial charge in [-0.2, -0.15) is 0 Å². The molecular formula is C21H27N3O3S. The van der Waals surface area contributed by atoms with E-state index in [2.05, 4.69) is 21.8 Å². The molecule has 1 aliphatic heterocycles. The molecule has 0 radical (unpaired) electrons. The average Bonchev–Trinajstić information content (AvgIpc) is 2.68. The molecule has 2 aromatic rings. The highest BCUT2D eigenvalue weighted by molar-refractivity contribution is 7.89. The van der Waals surface area contributed by atoms with E-state index in [-0.39, 0.29) is 16.8 Å². The smallest absolute Gasteiger partial charge is 0.253 e. The Kier molecular flexibility index (Phi) is 6.49. The SMILES string of the molecule is CC(C)NS(=O)(=O)c1cccc(C(=O)N2CCN(Cc3ccccc3)CC2)c1. The zero-order valence-electron chi connectivity index (χ0n) is 16.3. The monoisotopic (exact) mass is 401 g/mol. The van der Waals surface area contributed by atoms with E-state index in [1.54, 1.807) is 30.9 Å². The predicted octanol–water partition coefficient (Wildman–Crippen LogP) is 2.33. The van der Waals surface area contributed by atoms with Gasteiger partial charge in [0.05, 0.1) is 4.90 Å². The van der Waals surface area contributed by atoms with Crippen molar-refractivity contribution in [3.8, 4) is 0 Å². The molecule has 0 bridgehead atoms. The van der Waals surface area contributed by atoms with Crippen LogP contribution in [0.3, 0.4) is 0 Å². The molecule has 1 heterocycles. The first-order valence-electron chi connectivity index (χ1n) is 9.53. The van der Waals surface area contributed by atoms with Gasteiger partial charge in [-0.05, 0) is 37.6 Å². The number of benzene rings is 2. The van der Waals surface area contributed by atoms with Crippen molar-refractivity contribution in [3.63, 3.8) is 0 Å². The topological polar surface area (TPSA) is 69.7 Å². The third-order valence-electron chi connectivity index (χ3n) is 4.69. The molecular weight excluding hydrogens is 374 g/mol. The predicted molar refractivity (Wildman–Crippen MR) is 110 cm³/mol. The van der Waals surface area contributed by atoms with Crippen molar-refractivity contribution in [1.82, 2.24) is 14.5 Å². The van der Waals surface area contributed by atoms with Gasteiger partial charge in [0, 0.05) is 44.3 Å². The fourth-order valence-electron chi connectivity index (χ4n) is 3.31. The minimum Gasteiger partial charge on any atom is -0.336 e. The molecule has 0 aliphatic carbocycles. The first-order chi connectivity index (χ1) is 13.3. The number of amides is 1. The molecule has 0 aromatic heterocycles. The maximum Gasteiger partial charge on any atom is 0.253 e. The molecule has 0 unspecified atom stereocenters. The minimum absolute atomic E-state index is 0.120. The summed E-state index contributed by atoms with van der Waals surface area (Å²) in [4.78, 5) is 17.1. The van der Waals surface area contributed by atoms with Crippen LogP contribution in [0, 0.1) is 0 Å². The van der Waals surface area contributed by atoms with Gasteiger partial charge in [0.2, 0.25) is 10.0 Å². The maximum absolute atomic E-state index is 12.9. The van der Waals surface area contributed by atoms with E-state index in [0.29, 0.717) is 18.7 Å². The highest BCUT2D eigenvalue weighted by Gasteiger charge is 2.24. The van der Waals surface area contributed by atoms with Crippen LogP contribution < -0.4 is 4.72 Å². The third kappa shape index (κ3) is 5.19. The lowest BCUT2D eigenvalue weighted by molar-refractivity contribution is 0.0628. The molecule has 1 aliphatic rings. The number of hydrogen-bond acceptors (Lipinski definition) is 4. The molecule has 28 heavy (non-hydrogen) atoms. The van der Waals surface area contributed by atoms with Crippen LogP contribution in [0.1, 0.15) is 29.8 Å². The van der Waals surface area contributed by atoms with Gasteiger partial charge in [0.1, 0.15) is 0 Å². The lowest BCUT2D eigenvalue weighted by Crippen LogP contribution is -2.48. The quantitative estimate of drug-likeness (QED) is 0.807. The Bertz CT molecular complexity index is 906. The van der Waals surface area contributed by atoms with Crippen LogP contribution in [-0.4, -0.2) is 56.3 Å². The number of rotatable bonds is 6. The number of carbonyl (C=O) groups excluding carboxylic acids is 1. The maximum atomic E-state index is 12.9. The highest BCUT2D eigenvalue weighted by Crippen LogP contribution is 2.16. The van der Waals surface area contributed by atoms with Crippen LogP contribution in [0.5, 0.6) is 0 Å².